The summed E-state index contributed by atoms with van der Waals surface area (Å²) in [5.74, 6) is 1.01. The molecule has 0 atom stereocenters. The van der Waals surface area contributed by atoms with Crippen LogP contribution in [0.1, 0.15) is 19.3 Å². The van der Waals surface area contributed by atoms with Gasteiger partial charge in [-0.2, -0.15) is 0 Å². The molecule has 0 aromatic carbocycles. The molecule has 0 saturated carbocycles. The molecule has 92 valence electrons. The summed E-state index contributed by atoms with van der Waals surface area (Å²) in [5.41, 5.74) is 0.905. The highest BCUT2D eigenvalue weighted by Gasteiger charge is 2.08. The van der Waals surface area contributed by atoms with E-state index in [4.69, 9.17) is 4.42 Å². The maximum absolute atomic E-state index is 5.38. The molecule has 0 aliphatic carbocycles. The molecule has 0 unspecified atom stereocenters. The molecule has 0 spiro atoms. The van der Waals surface area contributed by atoms with Gasteiger partial charge < -0.3 is 9.32 Å². The van der Waals surface area contributed by atoms with Crippen LogP contribution in [0.25, 0.3) is 11.0 Å². The SMILES string of the molecule is CN(CCCCCBr)c1nccc2occc12. The molecule has 17 heavy (non-hydrogen) atoms. The van der Waals surface area contributed by atoms with E-state index in [1.807, 2.05) is 12.1 Å². The van der Waals surface area contributed by atoms with E-state index >= 15 is 0 Å². The average molecular weight is 297 g/mol. The Labute approximate surface area is 110 Å². The fraction of sp³-hybridized carbons (Fsp3) is 0.462. The second-order valence-electron chi connectivity index (χ2n) is 4.14. The number of aromatic nitrogens is 1. The lowest BCUT2D eigenvalue weighted by molar-refractivity contribution is 0.615. The number of nitrogens with zero attached hydrogens (tertiary/aromatic N) is 2. The maximum Gasteiger partial charge on any atom is 0.139 e. The highest BCUT2D eigenvalue weighted by molar-refractivity contribution is 9.09. The van der Waals surface area contributed by atoms with Gasteiger partial charge >= 0.3 is 0 Å². The van der Waals surface area contributed by atoms with Crippen molar-refractivity contribution < 1.29 is 4.42 Å². The summed E-state index contributed by atoms with van der Waals surface area (Å²) in [6.07, 6.45) is 7.19. The van der Waals surface area contributed by atoms with Gasteiger partial charge in [-0.05, 0) is 25.0 Å². The monoisotopic (exact) mass is 296 g/mol. The Morgan fingerprint density at radius 3 is 3.00 bits per heavy atom. The van der Waals surface area contributed by atoms with Gasteiger partial charge in [0, 0.05) is 25.1 Å². The third-order valence-corrected chi connectivity index (χ3v) is 3.41. The van der Waals surface area contributed by atoms with E-state index in [1.54, 1.807) is 12.5 Å². The molecule has 0 amide bonds. The Kier molecular flexibility index (Phi) is 4.42. The number of hydrogen-bond donors (Lipinski definition) is 0. The number of anilines is 1. The first-order chi connectivity index (χ1) is 8.33. The lowest BCUT2D eigenvalue weighted by atomic mass is 10.2. The number of rotatable bonds is 6. The van der Waals surface area contributed by atoms with Crippen molar-refractivity contribution in [3.05, 3.63) is 24.6 Å². The second kappa shape index (κ2) is 6.05. The average Bonchev–Trinajstić information content (AvgIpc) is 2.82. The van der Waals surface area contributed by atoms with Crippen LogP contribution in [0.15, 0.2) is 29.0 Å². The van der Waals surface area contributed by atoms with Crippen molar-refractivity contribution in [2.24, 2.45) is 0 Å². The molecule has 2 rings (SSSR count). The van der Waals surface area contributed by atoms with Gasteiger partial charge in [0.05, 0.1) is 11.6 Å². The number of pyridine rings is 1. The largest absolute Gasteiger partial charge is 0.464 e. The van der Waals surface area contributed by atoms with Crippen LogP contribution in [0.3, 0.4) is 0 Å². The maximum atomic E-state index is 5.38. The van der Waals surface area contributed by atoms with E-state index < -0.39 is 0 Å². The third kappa shape index (κ3) is 3.00. The van der Waals surface area contributed by atoms with Crippen molar-refractivity contribution in [3.8, 4) is 0 Å². The van der Waals surface area contributed by atoms with Gasteiger partial charge in [0.15, 0.2) is 0 Å². The van der Waals surface area contributed by atoms with Crippen LogP contribution in [0.4, 0.5) is 5.82 Å². The van der Waals surface area contributed by atoms with Gasteiger partial charge in [-0.15, -0.1) is 0 Å². The quantitative estimate of drug-likeness (QED) is 0.599. The molecule has 0 radical (unpaired) electrons. The van der Waals surface area contributed by atoms with E-state index in [2.05, 4.69) is 32.9 Å². The van der Waals surface area contributed by atoms with E-state index in [9.17, 15) is 0 Å². The Balaban J connectivity index is 2.03. The summed E-state index contributed by atoms with van der Waals surface area (Å²) >= 11 is 3.45. The molecule has 4 heteroatoms. The van der Waals surface area contributed by atoms with Crippen molar-refractivity contribution in [2.75, 3.05) is 23.8 Å². The van der Waals surface area contributed by atoms with Crippen molar-refractivity contribution in [1.82, 2.24) is 4.98 Å². The first kappa shape index (κ1) is 12.4. The summed E-state index contributed by atoms with van der Waals surface area (Å²) in [6.45, 7) is 1.03. The number of hydrogen-bond acceptors (Lipinski definition) is 3. The lowest BCUT2D eigenvalue weighted by Gasteiger charge is -2.18. The fourth-order valence-electron chi connectivity index (χ4n) is 1.91. The molecule has 0 saturated heterocycles. The van der Waals surface area contributed by atoms with Crippen molar-refractivity contribution in [2.45, 2.75) is 19.3 Å². The Morgan fingerprint density at radius 1 is 1.29 bits per heavy atom. The van der Waals surface area contributed by atoms with Crippen LogP contribution >= 0.6 is 15.9 Å². The number of unbranched alkanes of at least 4 members (excludes halogenated alkanes) is 2. The zero-order valence-corrected chi connectivity index (χ0v) is 11.6. The summed E-state index contributed by atoms with van der Waals surface area (Å²) in [6, 6.07) is 3.88. The van der Waals surface area contributed by atoms with Gasteiger partial charge in [0.1, 0.15) is 11.4 Å². The Morgan fingerprint density at radius 2 is 2.18 bits per heavy atom. The second-order valence-corrected chi connectivity index (χ2v) is 4.93. The van der Waals surface area contributed by atoms with Crippen LogP contribution in [-0.4, -0.2) is 23.9 Å². The summed E-state index contributed by atoms with van der Waals surface area (Å²) in [7, 11) is 2.09. The Bertz CT molecular complexity index is 469. The van der Waals surface area contributed by atoms with Gasteiger partial charge in [-0.3, -0.25) is 0 Å². The summed E-state index contributed by atoms with van der Waals surface area (Å²) in [4.78, 5) is 6.64. The number of halogens is 1. The van der Waals surface area contributed by atoms with Gasteiger partial charge in [-0.1, -0.05) is 22.4 Å². The Hall–Kier alpha value is -1.03. The minimum atomic E-state index is 0.905. The predicted molar refractivity (Wildman–Crippen MR) is 74.9 cm³/mol. The topological polar surface area (TPSA) is 29.3 Å². The molecular weight excluding hydrogens is 280 g/mol. The minimum absolute atomic E-state index is 0.905. The molecule has 2 heterocycles. The standard InChI is InChI=1S/C13H17BrN2O/c1-16(9-4-2-3-7-14)13-11-6-10-17-12(11)5-8-15-13/h5-6,8,10H,2-4,7,9H2,1H3. The van der Waals surface area contributed by atoms with Crippen molar-refractivity contribution >= 4 is 32.7 Å². The van der Waals surface area contributed by atoms with Crippen molar-refractivity contribution in [3.63, 3.8) is 0 Å². The van der Waals surface area contributed by atoms with E-state index in [-0.39, 0.29) is 0 Å². The molecule has 3 nitrogen and oxygen atoms in total. The minimum Gasteiger partial charge on any atom is -0.464 e. The van der Waals surface area contributed by atoms with Gasteiger partial charge in [0.2, 0.25) is 0 Å². The molecule has 0 bridgehead atoms. The van der Waals surface area contributed by atoms with Crippen LogP contribution in [0.2, 0.25) is 0 Å². The third-order valence-electron chi connectivity index (χ3n) is 2.85. The van der Waals surface area contributed by atoms with Gasteiger partial charge in [-0.25, -0.2) is 4.98 Å². The molecule has 2 aromatic heterocycles. The fourth-order valence-corrected chi connectivity index (χ4v) is 2.31. The molecule has 0 aliphatic heterocycles. The molecule has 2 aromatic rings. The highest BCUT2D eigenvalue weighted by atomic mass is 79.9. The molecule has 0 fully saturated rings. The molecule has 0 aliphatic rings. The van der Waals surface area contributed by atoms with Crippen LogP contribution < -0.4 is 4.90 Å². The van der Waals surface area contributed by atoms with Crippen LogP contribution in [0, 0.1) is 0 Å². The van der Waals surface area contributed by atoms with Crippen LogP contribution in [0.5, 0.6) is 0 Å². The summed E-state index contributed by atoms with van der Waals surface area (Å²) < 4.78 is 5.38. The smallest absolute Gasteiger partial charge is 0.139 e. The zero-order chi connectivity index (χ0) is 12.1. The normalized spacial score (nSPS) is 10.9. The van der Waals surface area contributed by atoms with Crippen molar-refractivity contribution in [1.29, 1.82) is 0 Å². The lowest BCUT2D eigenvalue weighted by Crippen LogP contribution is -2.19. The highest BCUT2D eigenvalue weighted by Crippen LogP contribution is 2.24. The van der Waals surface area contributed by atoms with Crippen LogP contribution in [-0.2, 0) is 0 Å². The molecular formula is C13H17BrN2O. The number of alkyl halides is 1. The number of furan rings is 1. The number of fused-ring (bicyclic) bond motifs is 1. The molecule has 0 N–H and O–H groups in total. The zero-order valence-electron chi connectivity index (χ0n) is 10.0. The summed E-state index contributed by atoms with van der Waals surface area (Å²) in [5, 5.41) is 2.18. The first-order valence-corrected chi connectivity index (χ1v) is 7.04. The van der Waals surface area contributed by atoms with E-state index in [0.717, 1.165) is 28.7 Å². The predicted octanol–water partition coefficient (Wildman–Crippen LogP) is 3.83. The van der Waals surface area contributed by atoms with E-state index in [1.165, 1.54) is 19.3 Å². The van der Waals surface area contributed by atoms with Gasteiger partial charge in [0.25, 0.3) is 0 Å². The first-order valence-electron chi connectivity index (χ1n) is 5.92. The van der Waals surface area contributed by atoms with E-state index in [0.29, 0.717) is 0 Å².